The van der Waals surface area contributed by atoms with Crippen molar-refractivity contribution in [2.24, 2.45) is 10.9 Å². The Labute approximate surface area is 207 Å². The number of likely N-dealkylation sites (N-methyl/N-ethyl adjacent to an activating group) is 1. The zero-order valence-electron chi connectivity index (χ0n) is 20.7. The fourth-order valence-corrected chi connectivity index (χ4v) is 5.80. The largest absolute Gasteiger partial charge is 0.390 e. The lowest BCUT2D eigenvalue weighted by molar-refractivity contribution is 0.0771. The van der Waals surface area contributed by atoms with Gasteiger partial charge in [0, 0.05) is 25.8 Å². The molecule has 0 saturated carbocycles. The van der Waals surface area contributed by atoms with Gasteiger partial charge in [-0.15, -0.1) is 0 Å². The van der Waals surface area contributed by atoms with Gasteiger partial charge >= 0.3 is 0 Å². The minimum atomic E-state index is -3.81. The van der Waals surface area contributed by atoms with Crippen LogP contribution in [0.1, 0.15) is 35.6 Å². The van der Waals surface area contributed by atoms with Crippen molar-refractivity contribution >= 4 is 22.3 Å². The summed E-state index contributed by atoms with van der Waals surface area (Å²) in [6.07, 6.45) is 0.694. The Morgan fingerprint density at radius 1 is 1.17 bits per heavy atom. The summed E-state index contributed by atoms with van der Waals surface area (Å²) in [5.74, 6) is -0.382. The molecule has 2 heterocycles. The van der Waals surface area contributed by atoms with Crippen molar-refractivity contribution in [2.45, 2.75) is 44.7 Å². The Morgan fingerprint density at radius 3 is 2.49 bits per heavy atom. The third-order valence-electron chi connectivity index (χ3n) is 5.74. The van der Waals surface area contributed by atoms with Gasteiger partial charge in [0.2, 0.25) is 10.0 Å². The molecular formula is C25H35N5O4S. The Morgan fingerprint density at radius 2 is 1.89 bits per heavy atom. The van der Waals surface area contributed by atoms with Gasteiger partial charge in [-0.2, -0.15) is 4.31 Å². The molecule has 1 aliphatic heterocycles. The summed E-state index contributed by atoms with van der Waals surface area (Å²) in [4.78, 5) is 23.1. The number of hydrogen-bond acceptors (Lipinski definition) is 7. The van der Waals surface area contributed by atoms with Crippen LogP contribution in [0, 0.1) is 12.8 Å². The quantitative estimate of drug-likeness (QED) is 0.484. The van der Waals surface area contributed by atoms with E-state index in [1.54, 1.807) is 37.1 Å². The van der Waals surface area contributed by atoms with Gasteiger partial charge in [0.05, 0.1) is 25.0 Å². The zero-order chi connectivity index (χ0) is 25.6. The molecule has 0 radical (unpaired) electrons. The minimum absolute atomic E-state index is 0.0405. The van der Waals surface area contributed by atoms with Gasteiger partial charge in [-0.1, -0.05) is 50.2 Å². The first-order chi connectivity index (χ1) is 16.6. The summed E-state index contributed by atoms with van der Waals surface area (Å²) in [5, 5.41) is 13.2. The van der Waals surface area contributed by atoms with E-state index in [-0.39, 0.29) is 31.2 Å². The van der Waals surface area contributed by atoms with Crippen LogP contribution in [0.4, 0.5) is 0 Å². The Bertz CT molecular complexity index is 1120. The highest BCUT2D eigenvalue weighted by Gasteiger charge is 2.37. The van der Waals surface area contributed by atoms with Gasteiger partial charge in [0.25, 0.3) is 5.91 Å². The van der Waals surface area contributed by atoms with Gasteiger partial charge in [0.15, 0.2) is 5.37 Å². The summed E-state index contributed by atoms with van der Waals surface area (Å²) < 4.78 is 28.1. The van der Waals surface area contributed by atoms with Crippen molar-refractivity contribution < 1.29 is 18.3 Å². The van der Waals surface area contributed by atoms with E-state index in [0.29, 0.717) is 12.1 Å². The molecule has 1 aromatic carbocycles. The molecule has 0 bridgehead atoms. The second kappa shape index (κ2) is 11.7. The van der Waals surface area contributed by atoms with Crippen LogP contribution in [-0.2, 0) is 16.4 Å². The molecule has 1 aromatic heterocycles. The molecule has 0 spiro atoms. The van der Waals surface area contributed by atoms with Crippen LogP contribution < -0.4 is 5.32 Å². The van der Waals surface area contributed by atoms with Crippen LogP contribution in [0.25, 0.3) is 0 Å². The molecule has 3 rings (SSSR count). The van der Waals surface area contributed by atoms with Crippen molar-refractivity contribution in [3.05, 3.63) is 65.5 Å². The number of benzene rings is 1. The number of hydrogen-bond donors (Lipinski definition) is 2. The van der Waals surface area contributed by atoms with Gasteiger partial charge in [-0.3, -0.25) is 9.79 Å². The number of sulfonamides is 1. The fourth-order valence-electron chi connectivity index (χ4n) is 3.96. The standard InChI is InChI=1S/C25H35N5O4S/c1-18(2)14-30(35(33,34)24-16-29(4)17-26-24)15-23(31)22(13-20-10-6-5-7-11-20)28-25(32)21-12-8-9-19(3)27-21/h5-12,17-18,22-24,31H,13-16H2,1-4H3,(H,28,32). The van der Waals surface area contributed by atoms with Crippen molar-refractivity contribution in [1.29, 1.82) is 0 Å². The maximum atomic E-state index is 13.4. The van der Waals surface area contributed by atoms with Crippen LogP contribution in [0.2, 0.25) is 0 Å². The Kier molecular flexibility index (Phi) is 8.98. The number of aliphatic hydroxyl groups excluding tert-OH is 1. The normalized spacial score (nSPS) is 17.7. The number of aryl methyl sites for hydroxylation is 1. The first kappa shape index (κ1) is 26.8. The molecule has 10 heteroatoms. The van der Waals surface area contributed by atoms with Gasteiger partial charge < -0.3 is 15.3 Å². The zero-order valence-corrected chi connectivity index (χ0v) is 21.5. The summed E-state index contributed by atoms with van der Waals surface area (Å²) in [6, 6.07) is 13.9. The van der Waals surface area contributed by atoms with Gasteiger partial charge in [-0.05, 0) is 37.0 Å². The number of nitrogens with zero attached hydrogens (tertiary/aromatic N) is 4. The molecule has 0 fully saturated rings. The number of nitrogens with one attached hydrogen (secondary N) is 1. The van der Waals surface area contributed by atoms with E-state index in [9.17, 15) is 18.3 Å². The van der Waals surface area contributed by atoms with E-state index in [4.69, 9.17) is 0 Å². The predicted octanol–water partition coefficient (Wildman–Crippen LogP) is 1.68. The van der Waals surface area contributed by atoms with E-state index in [2.05, 4.69) is 15.3 Å². The molecule has 0 aliphatic carbocycles. The molecule has 9 nitrogen and oxygen atoms in total. The number of aromatic nitrogens is 1. The third-order valence-corrected chi connectivity index (χ3v) is 7.71. The van der Waals surface area contributed by atoms with E-state index >= 15 is 0 Å². The molecule has 35 heavy (non-hydrogen) atoms. The lowest BCUT2D eigenvalue weighted by Gasteiger charge is -2.31. The number of aliphatic imine (C=N–C) groups is 1. The molecule has 1 amide bonds. The lowest BCUT2D eigenvalue weighted by atomic mass is 10.0. The Hall–Kier alpha value is -2.82. The molecule has 1 aliphatic rings. The third kappa shape index (κ3) is 7.33. The van der Waals surface area contributed by atoms with Crippen molar-refractivity contribution in [1.82, 2.24) is 19.5 Å². The van der Waals surface area contributed by atoms with Crippen LogP contribution in [-0.4, -0.2) is 84.2 Å². The molecule has 2 aromatic rings. The topological polar surface area (TPSA) is 115 Å². The summed E-state index contributed by atoms with van der Waals surface area (Å²) in [7, 11) is -2.04. The van der Waals surface area contributed by atoms with E-state index < -0.39 is 33.5 Å². The SMILES string of the molecule is Cc1cccc(C(=O)NC(Cc2ccccc2)C(O)CN(CC(C)C)S(=O)(=O)C2CN(C)C=N2)n1. The average molecular weight is 502 g/mol. The molecule has 3 unspecified atom stereocenters. The van der Waals surface area contributed by atoms with E-state index in [1.807, 2.05) is 44.2 Å². The maximum Gasteiger partial charge on any atom is 0.270 e. The van der Waals surface area contributed by atoms with Crippen molar-refractivity contribution in [3.8, 4) is 0 Å². The van der Waals surface area contributed by atoms with Crippen molar-refractivity contribution in [2.75, 3.05) is 26.7 Å². The first-order valence-electron chi connectivity index (χ1n) is 11.7. The highest BCUT2D eigenvalue weighted by Crippen LogP contribution is 2.19. The van der Waals surface area contributed by atoms with Crippen LogP contribution in [0.5, 0.6) is 0 Å². The number of carbonyl (C=O) groups is 1. The Balaban J connectivity index is 1.84. The van der Waals surface area contributed by atoms with Crippen molar-refractivity contribution in [3.63, 3.8) is 0 Å². The highest BCUT2D eigenvalue weighted by atomic mass is 32.2. The molecule has 190 valence electrons. The number of rotatable bonds is 11. The number of pyridine rings is 1. The van der Waals surface area contributed by atoms with Gasteiger partial charge in [0.1, 0.15) is 5.69 Å². The number of amides is 1. The first-order valence-corrected chi connectivity index (χ1v) is 13.3. The van der Waals surface area contributed by atoms with Gasteiger partial charge in [-0.25, -0.2) is 13.4 Å². The smallest absolute Gasteiger partial charge is 0.270 e. The summed E-state index contributed by atoms with van der Waals surface area (Å²) in [6.45, 7) is 5.98. The van der Waals surface area contributed by atoms with Crippen LogP contribution in [0.3, 0.4) is 0 Å². The summed E-state index contributed by atoms with van der Waals surface area (Å²) in [5.41, 5.74) is 1.86. The monoisotopic (exact) mass is 501 g/mol. The number of aliphatic hydroxyl groups is 1. The molecular weight excluding hydrogens is 466 g/mol. The number of carbonyl (C=O) groups excluding carboxylic acids is 1. The molecule has 0 saturated heterocycles. The second-order valence-corrected chi connectivity index (χ2v) is 11.5. The van der Waals surface area contributed by atoms with E-state index in [0.717, 1.165) is 5.56 Å². The molecule has 2 N–H and O–H groups in total. The summed E-state index contributed by atoms with van der Waals surface area (Å²) >= 11 is 0. The highest BCUT2D eigenvalue weighted by molar-refractivity contribution is 7.89. The average Bonchev–Trinajstić information content (AvgIpc) is 3.25. The van der Waals surface area contributed by atoms with Crippen LogP contribution in [0.15, 0.2) is 53.5 Å². The van der Waals surface area contributed by atoms with Crippen LogP contribution >= 0.6 is 0 Å². The minimum Gasteiger partial charge on any atom is -0.390 e. The second-order valence-electron chi connectivity index (χ2n) is 9.42. The fraction of sp³-hybridized carbons (Fsp3) is 0.480. The van der Waals surface area contributed by atoms with E-state index in [1.165, 1.54) is 10.6 Å². The predicted molar refractivity (Wildman–Crippen MR) is 137 cm³/mol. The molecule has 3 atom stereocenters. The maximum absolute atomic E-state index is 13.4. The lowest BCUT2D eigenvalue weighted by Crippen LogP contribution is -2.52.